The number of hydrogen-bond acceptors (Lipinski definition) is 15. The van der Waals surface area contributed by atoms with E-state index in [1.54, 1.807) is 126 Å². The molecule has 0 aliphatic rings. The van der Waals surface area contributed by atoms with Crippen LogP contribution in [0.2, 0.25) is 0 Å². The zero-order chi connectivity index (χ0) is 68.4. The maximum atomic E-state index is 14.6. The Labute approximate surface area is 532 Å². The molecule has 0 unspecified atom stereocenters. The van der Waals surface area contributed by atoms with Crippen molar-refractivity contribution in [1.29, 1.82) is 0 Å². The molecule has 19 N–H and O–H groups in total. The minimum absolute atomic E-state index is 0.0663. The van der Waals surface area contributed by atoms with Gasteiger partial charge in [-0.15, -0.1) is 0 Å². The van der Waals surface area contributed by atoms with E-state index in [2.05, 4.69) is 52.8 Å². The number of carbonyl (C=O) groups excluding carboxylic acids is 11. The fourth-order valence-electron chi connectivity index (χ4n) is 9.69. The first-order chi connectivity index (χ1) is 43.6. The zero-order valence-corrected chi connectivity index (χ0v) is 52.3. The van der Waals surface area contributed by atoms with Crippen molar-refractivity contribution < 1.29 is 77.6 Å². The van der Waals surface area contributed by atoms with E-state index in [9.17, 15) is 77.6 Å². The maximum absolute atomic E-state index is 14.6. The summed E-state index contributed by atoms with van der Waals surface area (Å²) in [6.07, 6.45) is -1.05. The second-order valence-corrected chi connectivity index (χ2v) is 22.8. The number of aliphatic hydroxyl groups is 1. The van der Waals surface area contributed by atoms with Gasteiger partial charge in [-0.1, -0.05) is 140 Å². The molecule has 0 radical (unpaired) electrons. The van der Waals surface area contributed by atoms with E-state index in [1.165, 1.54) is 0 Å². The number of amides is 11. The predicted molar refractivity (Wildman–Crippen MR) is 335 cm³/mol. The molecule has 0 fully saturated rings. The second kappa shape index (κ2) is 36.8. The summed E-state index contributed by atoms with van der Waals surface area (Å²) in [6.45, 7) is 9.07. The van der Waals surface area contributed by atoms with E-state index < -0.39 is 181 Å². The number of carbonyl (C=O) groups is 13. The van der Waals surface area contributed by atoms with Crippen LogP contribution in [0, 0.1) is 17.8 Å². The van der Waals surface area contributed by atoms with E-state index in [0.29, 0.717) is 34.0 Å². The van der Waals surface area contributed by atoms with Gasteiger partial charge < -0.3 is 85.4 Å². The first kappa shape index (κ1) is 74.7. The molecule has 0 bridgehead atoms. The van der Waals surface area contributed by atoms with Crippen LogP contribution in [0.1, 0.15) is 103 Å². The Kier molecular flexibility index (Phi) is 29.9. The number of aliphatic hydroxyl groups excluding tert-OH is 1. The van der Waals surface area contributed by atoms with Crippen molar-refractivity contribution in [2.24, 2.45) is 35.0 Å². The molecule has 4 rings (SSSR count). The summed E-state index contributed by atoms with van der Waals surface area (Å²) >= 11 is 0. The molecule has 3 aromatic carbocycles. The Hall–Kier alpha value is -9.77. The Morgan fingerprint density at radius 3 is 1.26 bits per heavy atom. The first-order valence-corrected chi connectivity index (χ1v) is 30.3. The predicted octanol–water partition coefficient (Wildman–Crippen LogP) is -1.28. The number of H-pyrrole nitrogens is 1. The number of aromatic nitrogens is 1. The molecule has 13 atom stereocenters. The summed E-state index contributed by atoms with van der Waals surface area (Å²) in [5.41, 5.74) is 19.7. The fourth-order valence-corrected chi connectivity index (χ4v) is 9.69. The number of aliphatic carboxylic acids is 2. The smallest absolute Gasteiger partial charge is 0.328 e. The standard InChI is InChI=1S/C63H87N13O16/c1-7-33(4)51(66)60(88)72-42(26-36-18-12-10-13-19-36)55(83)71-45(29-48(64)78)57(85)69-43(27-37-20-14-11-15-21-37)58(86)75-52(34(5)8-2)61(89)68-41(24-25-50(80)81)54(82)70-46(30-49(65)79)59(87)76-53(35(6)9-3)62(90)73-44(56(84)74-47(32-77)63(91)92)28-38-31-67-40-23-17-16-22-39(38)40/h10-23,31,33-35,41-47,51-53,67,77H,7-9,24-30,32,66H2,1-6H3,(H2,64,78)(H2,65,79)(H,68,89)(H,69,85)(H,70,82)(H,71,83)(H,72,88)(H,73,90)(H,74,84)(H,75,86)(H,76,87)(H,80,81)(H,91,92)/t33-,34-,35-,41-,42-,43-,44-,45-,46-,47-,51-,52-,53-/m0/s1. The average Bonchev–Trinajstić information content (AvgIpc) is 1.60. The first-order valence-electron chi connectivity index (χ1n) is 30.3. The second-order valence-electron chi connectivity index (χ2n) is 22.8. The van der Waals surface area contributed by atoms with E-state index >= 15 is 0 Å². The van der Waals surface area contributed by atoms with E-state index in [0.717, 1.165) is 0 Å². The number of hydrogen-bond donors (Lipinski definition) is 16. The van der Waals surface area contributed by atoms with Crippen molar-refractivity contribution >= 4 is 87.8 Å². The van der Waals surface area contributed by atoms with Gasteiger partial charge in [-0.05, 0) is 46.9 Å². The molecule has 11 amide bonds. The lowest BCUT2D eigenvalue weighted by Crippen LogP contribution is -2.62. The van der Waals surface area contributed by atoms with Gasteiger partial charge in [-0.2, -0.15) is 0 Å². The molecular formula is C63H87N13O16. The third-order valence-electron chi connectivity index (χ3n) is 15.9. The van der Waals surface area contributed by atoms with Crippen LogP contribution < -0.4 is 65.1 Å². The minimum Gasteiger partial charge on any atom is -0.481 e. The van der Waals surface area contributed by atoms with Crippen LogP contribution >= 0.6 is 0 Å². The van der Waals surface area contributed by atoms with Gasteiger partial charge in [0.25, 0.3) is 0 Å². The summed E-state index contributed by atoms with van der Waals surface area (Å²) in [4.78, 5) is 180. The normalized spacial score (nSPS) is 15.4. The number of fused-ring (bicyclic) bond motifs is 1. The van der Waals surface area contributed by atoms with Gasteiger partial charge in [-0.3, -0.25) is 57.5 Å². The van der Waals surface area contributed by atoms with Crippen LogP contribution in [-0.2, 0) is 81.6 Å². The van der Waals surface area contributed by atoms with E-state index in [1.807, 2.05) is 6.92 Å². The Morgan fingerprint density at radius 2 is 0.815 bits per heavy atom. The molecule has 4 aromatic rings. The number of carboxylic acid groups (broad SMARTS) is 2. The monoisotopic (exact) mass is 1280 g/mol. The van der Waals surface area contributed by atoms with E-state index in [4.69, 9.17) is 17.2 Å². The van der Waals surface area contributed by atoms with Gasteiger partial charge in [0.2, 0.25) is 65.0 Å². The summed E-state index contributed by atoms with van der Waals surface area (Å²) < 4.78 is 0. The number of nitrogens with one attached hydrogen (secondary N) is 10. The highest BCUT2D eigenvalue weighted by Crippen LogP contribution is 2.21. The molecule has 0 aliphatic heterocycles. The molecule has 29 heteroatoms. The Balaban J connectivity index is 1.62. The van der Waals surface area contributed by atoms with Crippen LogP contribution in [0.3, 0.4) is 0 Å². The van der Waals surface area contributed by atoms with Crippen molar-refractivity contribution in [3.05, 3.63) is 108 Å². The van der Waals surface area contributed by atoms with Crippen molar-refractivity contribution in [2.45, 2.75) is 166 Å². The summed E-state index contributed by atoms with van der Waals surface area (Å²) in [7, 11) is 0. The SMILES string of the molecule is CC[C@H](C)[C@H](N)C(=O)N[C@@H](Cc1ccccc1)C(=O)N[C@@H](CC(N)=O)C(=O)N[C@@H](Cc1ccccc1)C(=O)N[C@H](C(=O)N[C@@H](CCC(=O)O)C(=O)N[C@@H](CC(N)=O)C(=O)N[C@H](C(=O)N[C@@H](Cc1c[nH]c2ccccc12)C(=O)N[C@@H](CO)C(=O)O)[C@@H](C)CC)[C@@H](C)CC. The molecule has 1 heterocycles. The Bertz CT molecular complexity index is 3220. The Morgan fingerprint density at radius 1 is 0.446 bits per heavy atom. The number of aromatic amines is 1. The third-order valence-corrected chi connectivity index (χ3v) is 15.9. The molecular weight excluding hydrogens is 1190 g/mol. The van der Waals surface area contributed by atoms with Gasteiger partial charge in [0.1, 0.15) is 54.4 Å². The lowest BCUT2D eigenvalue weighted by molar-refractivity contribution is -0.143. The molecule has 1 aromatic heterocycles. The third kappa shape index (κ3) is 23.2. The highest BCUT2D eigenvalue weighted by Gasteiger charge is 2.39. The average molecular weight is 1280 g/mol. The lowest BCUT2D eigenvalue weighted by atomic mass is 9.96. The highest BCUT2D eigenvalue weighted by atomic mass is 16.4. The number of benzene rings is 3. The van der Waals surface area contributed by atoms with Crippen LogP contribution in [0.5, 0.6) is 0 Å². The number of carboxylic acids is 2. The number of rotatable bonds is 39. The van der Waals surface area contributed by atoms with Crippen molar-refractivity contribution in [1.82, 2.24) is 52.8 Å². The molecule has 92 heavy (non-hydrogen) atoms. The van der Waals surface area contributed by atoms with Crippen LogP contribution in [0.25, 0.3) is 10.9 Å². The fraction of sp³-hybridized carbons (Fsp3) is 0.476. The van der Waals surface area contributed by atoms with Gasteiger partial charge >= 0.3 is 11.9 Å². The van der Waals surface area contributed by atoms with Gasteiger partial charge in [-0.25, -0.2) is 4.79 Å². The summed E-state index contributed by atoms with van der Waals surface area (Å²) in [5.74, 6) is -15.9. The van der Waals surface area contributed by atoms with Crippen LogP contribution in [0.15, 0.2) is 91.1 Å². The largest absolute Gasteiger partial charge is 0.481 e. The molecule has 500 valence electrons. The molecule has 29 nitrogen and oxygen atoms in total. The van der Waals surface area contributed by atoms with Crippen LogP contribution in [0.4, 0.5) is 0 Å². The zero-order valence-electron chi connectivity index (χ0n) is 52.3. The van der Waals surface area contributed by atoms with Crippen LogP contribution in [-0.4, -0.2) is 164 Å². The van der Waals surface area contributed by atoms with Gasteiger partial charge in [0, 0.05) is 42.8 Å². The minimum atomic E-state index is -1.90. The molecule has 0 saturated carbocycles. The topological polar surface area (TPSA) is 485 Å². The molecule has 0 aliphatic carbocycles. The quantitative estimate of drug-likeness (QED) is 0.0247. The van der Waals surface area contributed by atoms with E-state index in [-0.39, 0.29) is 38.0 Å². The van der Waals surface area contributed by atoms with Gasteiger partial charge in [0.05, 0.1) is 25.5 Å². The maximum Gasteiger partial charge on any atom is 0.328 e. The summed E-state index contributed by atoms with van der Waals surface area (Å²) in [6, 6.07) is 8.18. The number of para-hydroxylation sites is 1. The highest BCUT2D eigenvalue weighted by molar-refractivity contribution is 6.00. The summed E-state index contributed by atoms with van der Waals surface area (Å²) in [5, 5.41) is 52.1. The van der Waals surface area contributed by atoms with Crippen molar-refractivity contribution in [3.63, 3.8) is 0 Å². The van der Waals surface area contributed by atoms with Gasteiger partial charge in [0.15, 0.2) is 0 Å². The number of primary amides is 2. The molecule has 0 spiro atoms. The van der Waals surface area contributed by atoms with Crippen molar-refractivity contribution in [3.8, 4) is 0 Å². The van der Waals surface area contributed by atoms with Crippen molar-refractivity contribution in [2.75, 3.05) is 6.61 Å². The molecule has 0 saturated heterocycles. The number of nitrogens with two attached hydrogens (primary N) is 3. The lowest BCUT2D eigenvalue weighted by Gasteiger charge is -2.30.